The number of rotatable bonds is 7. The van der Waals surface area contributed by atoms with Crippen LogP contribution in [0.3, 0.4) is 0 Å². The maximum absolute atomic E-state index is 5.58. The maximum Gasteiger partial charge on any atom is 0.175 e. The third-order valence-corrected chi connectivity index (χ3v) is 3.59. The van der Waals surface area contributed by atoms with E-state index in [1.807, 2.05) is 38.1 Å². The summed E-state index contributed by atoms with van der Waals surface area (Å²) in [5, 5.41) is 3.35. The third-order valence-electron chi connectivity index (χ3n) is 3.00. The average molecular weight is 354 g/mol. The Morgan fingerprint density at radius 3 is 2.67 bits per heavy atom. The van der Waals surface area contributed by atoms with Crippen LogP contribution in [0.1, 0.15) is 24.0 Å². The summed E-state index contributed by atoms with van der Waals surface area (Å²) in [6.07, 6.45) is 0. The van der Waals surface area contributed by atoms with Gasteiger partial charge in [-0.3, -0.25) is 0 Å². The summed E-state index contributed by atoms with van der Waals surface area (Å²) in [6, 6.07) is 7.97. The van der Waals surface area contributed by atoms with Crippen LogP contribution in [0.2, 0.25) is 0 Å². The van der Waals surface area contributed by atoms with Crippen molar-refractivity contribution >= 4 is 15.9 Å². The summed E-state index contributed by atoms with van der Waals surface area (Å²) in [5.41, 5.74) is 1.12. The summed E-state index contributed by atoms with van der Waals surface area (Å²) in [6.45, 7) is 5.91. The maximum atomic E-state index is 5.58. The minimum Gasteiger partial charge on any atom is -0.493 e. The van der Waals surface area contributed by atoms with E-state index in [2.05, 4.69) is 21.2 Å². The van der Waals surface area contributed by atoms with E-state index < -0.39 is 0 Å². The summed E-state index contributed by atoms with van der Waals surface area (Å²) < 4.78 is 17.4. The molecule has 1 aromatic carbocycles. The molecule has 0 atom stereocenters. The first-order valence-electron chi connectivity index (χ1n) is 6.89. The van der Waals surface area contributed by atoms with Crippen LogP contribution in [0.5, 0.6) is 11.5 Å². The second kappa shape index (κ2) is 7.52. The highest BCUT2D eigenvalue weighted by atomic mass is 79.9. The second-order valence-corrected chi connectivity index (χ2v) is 5.51. The molecule has 5 heteroatoms. The molecule has 0 aliphatic carbocycles. The van der Waals surface area contributed by atoms with Gasteiger partial charge in [0, 0.05) is 6.54 Å². The van der Waals surface area contributed by atoms with Crippen molar-refractivity contribution < 1.29 is 13.9 Å². The van der Waals surface area contributed by atoms with E-state index >= 15 is 0 Å². The lowest BCUT2D eigenvalue weighted by Gasteiger charge is -2.13. The van der Waals surface area contributed by atoms with Gasteiger partial charge in [-0.15, -0.1) is 0 Å². The standard InChI is InChI=1S/C16H20BrNO3/c1-4-20-16-14(17)7-12(8-15(16)19-3)9-18-10-13-6-5-11(2)21-13/h5-8,18H,4,9-10H2,1-3H3. The number of hydrogen-bond acceptors (Lipinski definition) is 4. The predicted molar refractivity (Wildman–Crippen MR) is 85.9 cm³/mol. The average Bonchev–Trinajstić information content (AvgIpc) is 2.87. The van der Waals surface area contributed by atoms with Gasteiger partial charge in [0.05, 0.1) is 24.7 Å². The normalized spacial score (nSPS) is 10.7. The largest absolute Gasteiger partial charge is 0.493 e. The van der Waals surface area contributed by atoms with E-state index in [0.717, 1.165) is 39.6 Å². The first kappa shape index (κ1) is 15.9. The predicted octanol–water partition coefficient (Wildman–Crippen LogP) is 4.05. The van der Waals surface area contributed by atoms with Gasteiger partial charge in [0.25, 0.3) is 0 Å². The van der Waals surface area contributed by atoms with E-state index in [1.165, 1.54) is 0 Å². The second-order valence-electron chi connectivity index (χ2n) is 4.66. The van der Waals surface area contributed by atoms with Crippen molar-refractivity contribution in [1.29, 1.82) is 0 Å². The highest BCUT2D eigenvalue weighted by Gasteiger charge is 2.11. The number of hydrogen-bond donors (Lipinski definition) is 1. The van der Waals surface area contributed by atoms with Gasteiger partial charge in [-0.05, 0) is 59.6 Å². The fourth-order valence-electron chi connectivity index (χ4n) is 2.07. The zero-order chi connectivity index (χ0) is 15.2. The van der Waals surface area contributed by atoms with Crippen molar-refractivity contribution in [3.8, 4) is 11.5 Å². The Hall–Kier alpha value is -1.46. The molecule has 1 aromatic heterocycles. The summed E-state index contributed by atoms with van der Waals surface area (Å²) in [5.74, 6) is 3.34. The minimum atomic E-state index is 0.602. The number of halogens is 1. The van der Waals surface area contributed by atoms with Crippen LogP contribution < -0.4 is 14.8 Å². The molecule has 0 unspecified atom stereocenters. The number of methoxy groups -OCH3 is 1. The minimum absolute atomic E-state index is 0.602. The lowest BCUT2D eigenvalue weighted by molar-refractivity contribution is 0.308. The van der Waals surface area contributed by atoms with Gasteiger partial charge < -0.3 is 19.2 Å². The lowest BCUT2D eigenvalue weighted by Crippen LogP contribution is -2.12. The van der Waals surface area contributed by atoms with E-state index in [9.17, 15) is 0 Å². The monoisotopic (exact) mass is 353 g/mol. The van der Waals surface area contributed by atoms with Crippen molar-refractivity contribution in [1.82, 2.24) is 5.32 Å². The zero-order valence-electron chi connectivity index (χ0n) is 12.5. The molecule has 2 aromatic rings. The quantitative estimate of drug-likeness (QED) is 0.815. The van der Waals surface area contributed by atoms with E-state index in [-0.39, 0.29) is 0 Å². The SMILES string of the molecule is CCOc1c(Br)cc(CNCc2ccc(C)o2)cc1OC. The Balaban J connectivity index is 2.01. The molecule has 0 saturated heterocycles. The van der Waals surface area contributed by atoms with Crippen molar-refractivity contribution in [2.45, 2.75) is 26.9 Å². The van der Waals surface area contributed by atoms with Crippen molar-refractivity contribution in [2.24, 2.45) is 0 Å². The van der Waals surface area contributed by atoms with Crippen LogP contribution in [-0.4, -0.2) is 13.7 Å². The molecule has 2 rings (SSSR count). The van der Waals surface area contributed by atoms with E-state index in [4.69, 9.17) is 13.9 Å². The zero-order valence-corrected chi connectivity index (χ0v) is 14.1. The molecule has 0 bridgehead atoms. The molecule has 1 N–H and O–H groups in total. The topological polar surface area (TPSA) is 43.6 Å². The molecule has 4 nitrogen and oxygen atoms in total. The van der Waals surface area contributed by atoms with Gasteiger partial charge in [0.1, 0.15) is 11.5 Å². The fraction of sp³-hybridized carbons (Fsp3) is 0.375. The smallest absolute Gasteiger partial charge is 0.175 e. The highest BCUT2D eigenvalue weighted by molar-refractivity contribution is 9.10. The number of furan rings is 1. The van der Waals surface area contributed by atoms with Crippen molar-refractivity contribution in [3.63, 3.8) is 0 Å². The van der Waals surface area contributed by atoms with Crippen LogP contribution in [0.15, 0.2) is 33.2 Å². The van der Waals surface area contributed by atoms with Crippen molar-refractivity contribution in [3.05, 3.63) is 45.8 Å². The van der Waals surface area contributed by atoms with Gasteiger partial charge in [0.2, 0.25) is 0 Å². The summed E-state index contributed by atoms with van der Waals surface area (Å²) in [7, 11) is 1.65. The Kier molecular flexibility index (Phi) is 5.70. The Morgan fingerprint density at radius 1 is 1.24 bits per heavy atom. The first-order chi connectivity index (χ1) is 10.1. The van der Waals surface area contributed by atoms with Gasteiger partial charge in [0.15, 0.2) is 11.5 Å². The Morgan fingerprint density at radius 2 is 2.05 bits per heavy atom. The number of nitrogens with one attached hydrogen (secondary N) is 1. The number of aryl methyl sites for hydroxylation is 1. The van der Waals surface area contributed by atoms with E-state index in [1.54, 1.807) is 7.11 Å². The summed E-state index contributed by atoms with van der Waals surface area (Å²) in [4.78, 5) is 0. The summed E-state index contributed by atoms with van der Waals surface area (Å²) >= 11 is 3.53. The molecular formula is C16H20BrNO3. The molecule has 0 radical (unpaired) electrons. The molecule has 0 spiro atoms. The molecule has 0 saturated carbocycles. The molecule has 0 fully saturated rings. The van der Waals surface area contributed by atoms with Crippen LogP contribution in [-0.2, 0) is 13.1 Å². The Bertz CT molecular complexity index is 595. The van der Waals surface area contributed by atoms with Gasteiger partial charge in [-0.1, -0.05) is 0 Å². The molecule has 1 heterocycles. The first-order valence-corrected chi connectivity index (χ1v) is 7.68. The molecule has 0 aliphatic heterocycles. The number of benzene rings is 1. The molecular weight excluding hydrogens is 334 g/mol. The molecule has 114 valence electrons. The van der Waals surface area contributed by atoms with Crippen LogP contribution in [0.25, 0.3) is 0 Å². The van der Waals surface area contributed by atoms with Crippen LogP contribution in [0, 0.1) is 6.92 Å². The van der Waals surface area contributed by atoms with Gasteiger partial charge in [-0.2, -0.15) is 0 Å². The third kappa shape index (κ3) is 4.25. The van der Waals surface area contributed by atoms with Crippen LogP contribution >= 0.6 is 15.9 Å². The van der Waals surface area contributed by atoms with E-state index in [0.29, 0.717) is 13.2 Å². The molecule has 21 heavy (non-hydrogen) atoms. The fourth-order valence-corrected chi connectivity index (χ4v) is 2.67. The van der Waals surface area contributed by atoms with Gasteiger partial charge >= 0.3 is 0 Å². The number of ether oxygens (including phenoxy) is 2. The van der Waals surface area contributed by atoms with Crippen LogP contribution in [0.4, 0.5) is 0 Å². The highest BCUT2D eigenvalue weighted by Crippen LogP contribution is 2.36. The van der Waals surface area contributed by atoms with Crippen molar-refractivity contribution in [2.75, 3.05) is 13.7 Å². The molecule has 0 aliphatic rings. The molecule has 0 amide bonds. The lowest BCUT2D eigenvalue weighted by atomic mass is 10.2. The van der Waals surface area contributed by atoms with Gasteiger partial charge in [-0.25, -0.2) is 0 Å². The Labute approximate surface area is 133 Å².